The lowest BCUT2D eigenvalue weighted by atomic mass is 9.45. The van der Waals surface area contributed by atoms with E-state index in [1.54, 1.807) is 0 Å². The summed E-state index contributed by atoms with van der Waals surface area (Å²) in [6.07, 6.45) is 7.70. The van der Waals surface area contributed by atoms with Crippen molar-refractivity contribution < 1.29 is 9.59 Å². The van der Waals surface area contributed by atoms with Crippen LogP contribution in [0.3, 0.4) is 0 Å². The van der Waals surface area contributed by atoms with Crippen LogP contribution in [0.5, 0.6) is 0 Å². The van der Waals surface area contributed by atoms with Gasteiger partial charge in [0.25, 0.3) is 0 Å². The van der Waals surface area contributed by atoms with Crippen molar-refractivity contribution in [3.8, 4) is 0 Å². The van der Waals surface area contributed by atoms with Crippen molar-refractivity contribution in [2.45, 2.75) is 64.3 Å². The Balaban J connectivity index is 1.76. The minimum Gasteiger partial charge on any atom is -0.369 e. The first-order chi connectivity index (χ1) is 9.30. The summed E-state index contributed by atoms with van der Waals surface area (Å²) in [4.78, 5) is 22.9. The molecule has 0 saturated heterocycles. The van der Waals surface area contributed by atoms with Crippen LogP contribution in [0.15, 0.2) is 0 Å². The van der Waals surface area contributed by atoms with E-state index in [1.165, 1.54) is 38.5 Å². The number of rotatable bonds is 4. The summed E-state index contributed by atoms with van der Waals surface area (Å²) in [5.41, 5.74) is 5.11. The topological polar surface area (TPSA) is 72.2 Å². The summed E-state index contributed by atoms with van der Waals surface area (Å²) >= 11 is 0. The van der Waals surface area contributed by atoms with Crippen LogP contribution < -0.4 is 11.1 Å². The first-order valence-electron chi connectivity index (χ1n) is 7.89. The summed E-state index contributed by atoms with van der Waals surface area (Å²) < 4.78 is 0. The zero-order valence-corrected chi connectivity index (χ0v) is 12.6. The Hall–Kier alpha value is -1.06. The molecule has 0 atom stereocenters. The Bertz CT molecular complexity index is 406. The molecule has 0 spiro atoms. The highest BCUT2D eigenvalue weighted by atomic mass is 16.2. The Morgan fingerprint density at radius 1 is 1.10 bits per heavy atom. The molecule has 4 aliphatic carbocycles. The normalized spacial score (nSPS) is 38.8. The first-order valence-corrected chi connectivity index (χ1v) is 7.89. The van der Waals surface area contributed by atoms with Crippen molar-refractivity contribution in [3.05, 3.63) is 0 Å². The van der Waals surface area contributed by atoms with Gasteiger partial charge >= 0.3 is 0 Å². The molecule has 4 fully saturated rings. The van der Waals surface area contributed by atoms with E-state index in [4.69, 9.17) is 5.73 Å². The molecule has 0 radical (unpaired) electrons. The summed E-state index contributed by atoms with van der Waals surface area (Å²) in [7, 11) is 0. The Morgan fingerprint density at radius 2 is 1.55 bits per heavy atom. The quantitative estimate of drug-likeness (QED) is 0.772. The second-order valence-electron chi connectivity index (χ2n) is 8.01. The predicted molar refractivity (Wildman–Crippen MR) is 76.6 cm³/mol. The minimum atomic E-state index is -0.552. The fourth-order valence-electron chi connectivity index (χ4n) is 5.56. The number of carbonyl (C=O) groups is 2. The number of hydrogen-bond donors (Lipinski definition) is 2. The van der Waals surface area contributed by atoms with Crippen molar-refractivity contribution in [2.75, 3.05) is 0 Å². The second-order valence-corrected chi connectivity index (χ2v) is 8.01. The average molecular weight is 278 g/mol. The van der Waals surface area contributed by atoms with Crippen LogP contribution in [0, 0.1) is 23.2 Å². The SMILES string of the molecule is CC(C)(NC(=O)CC(N)=O)C12CC3CC(CC(C3)C1)C2. The third-order valence-corrected chi connectivity index (χ3v) is 6.15. The van der Waals surface area contributed by atoms with E-state index in [9.17, 15) is 9.59 Å². The van der Waals surface area contributed by atoms with Crippen LogP contribution in [0.25, 0.3) is 0 Å². The van der Waals surface area contributed by atoms with Gasteiger partial charge in [0, 0.05) is 5.54 Å². The Morgan fingerprint density at radius 3 is 1.95 bits per heavy atom. The largest absolute Gasteiger partial charge is 0.369 e. The molecule has 0 aromatic heterocycles. The molecule has 4 saturated carbocycles. The van der Waals surface area contributed by atoms with Crippen molar-refractivity contribution >= 4 is 11.8 Å². The number of carbonyl (C=O) groups excluding carboxylic acids is 2. The van der Waals surface area contributed by atoms with Crippen molar-refractivity contribution in [1.29, 1.82) is 0 Å². The summed E-state index contributed by atoms with van der Waals surface area (Å²) in [6, 6.07) is 0. The molecule has 4 bridgehead atoms. The summed E-state index contributed by atoms with van der Waals surface area (Å²) in [5, 5.41) is 3.10. The van der Waals surface area contributed by atoms with E-state index >= 15 is 0 Å². The van der Waals surface area contributed by atoms with E-state index in [1.807, 2.05) is 0 Å². The van der Waals surface area contributed by atoms with Gasteiger partial charge in [-0.25, -0.2) is 0 Å². The van der Waals surface area contributed by atoms with Crippen LogP contribution in [-0.2, 0) is 9.59 Å². The van der Waals surface area contributed by atoms with Gasteiger partial charge in [-0.15, -0.1) is 0 Å². The van der Waals surface area contributed by atoms with Gasteiger partial charge in [-0.2, -0.15) is 0 Å². The molecule has 0 aromatic rings. The molecular weight excluding hydrogens is 252 g/mol. The smallest absolute Gasteiger partial charge is 0.229 e. The predicted octanol–water partition coefficient (Wildman–Crippen LogP) is 1.97. The van der Waals surface area contributed by atoms with E-state index in [-0.39, 0.29) is 23.3 Å². The fourth-order valence-corrected chi connectivity index (χ4v) is 5.56. The van der Waals surface area contributed by atoms with Crippen LogP contribution >= 0.6 is 0 Å². The van der Waals surface area contributed by atoms with Gasteiger partial charge < -0.3 is 11.1 Å². The lowest BCUT2D eigenvalue weighted by Crippen LogP contribution is -2.62. The van der Waals surface area contributed by atoms with Crippen LogP contribution in [0.4, 0.5) is 0 Å². The van der Waals surface area contributed by atoms with E-state index in [0.717, 1.165) is 17.8 Å². The standard InChI is InChI=1S/C16H26N2O2/c1-15(2,18-14(20)6-13(17)19)16-7-10-3-11(8-16)5-12(4-10)9-16/h10-12H,3-9H2,1-2H3,(H2,17,19)(H,18,20). The van der Waals surface area contributed by atoms with Crippen LogP contribution in [-0.4, -0.2) is 17.4 Å². The number of primary amides is 1. The van der Waals surface area contributed by atoms with E-state index in [0.29, 0.717) is 0 Å². The number of amides is 2. The Labute approximate surface area is 120 Å². The number of nitrogens with one attached hydrogen (secondary N) is 1. The van der Waals surface area contributed by atoms with Gasteiger partial charge in [0.2, 0.25) is 11.8 Å². The van der Waals surface area contributed by atoms with Gasteiger partial charge in [-0.3, -0.25) is 9.59 Å². The monoisotopic (exact) mass is 278 g/mol. The third kappa shape index (κ3) is 2.23. The van der Waals surface area contributed by atoms with Crippen LogP contribution in [0.1, 0.15) is 58.8 Å². The van der Waals surface area contributed by atoms with E-state index in [2.05, 4.69) is 19.2 Å². The number of hydrogen-bond acceptors (Lipinski definition) is 2. The molecule has 112 valence electrons. The molecule has 20 heavy (non-hydrogen) atoms. The Kier molecular flexibility index (Phi) is 3.11. The molecule has 0 aromatic carbocycles. The first kappa shape index (κ1) is 13.9. The molecule has 3 N–H and O–H groups in total. The zero-order chi connectivity index (χ0) is 14.5. The minimum absolute atomic E-state index is 0.199. The van der Waals surface area contributed by atoms with Crippen molar-refractivity contribution in [2.24, 2.45) is 28.9 Å². The van der Waals surface area contributed by atoms with Crippen molar-refractivity contribution in [1.82, 2.24) is 5.32 Å². The van der Waals surface area contributed by atoms with Gasteiger partial charge in [0.1, 0.15) is 6.42 Å². The molecule has 4 rings (SSSR count). The molecule has 4 aliphatic rings. The summed E-state index contributed by atoms with van der Waals surface area (Å²) in [5.74, 6) is 1.79. The maximum Gasteiger partial charge on any atom is 0.229 e. The molecule has 4 heteroatoms. The molecule has 0 aliphatic heterocycles. The lowest BCUT2D eigenvalue weighted by Gasteiger charge is -2.62. The van der Waals surface area contributed by atoms with E-state index < -0.39 is 5.91 Å². The molecule has 0 unspecified atom stereocenters. The zero-order valence-electron chi connectivity index (χ0n) is 12.6. The van der Waals surface area contributed by atoms with Crippen molar-refractivity contribution in [3.63, 3.8) is 0 Å². The fraction of sp³-hybridized carbons (Fsp3) is 0.875. The maximum absolute atomic E-state index is 12.0. The molecule has 4 nitrogen and oxygen atoms in total. The molecular formula is C16H26N2O2. The highest BCUT2D eigenvalue weighted by molar-refractivity contribution is 5.96. The lowest BCUT2D eigenvalue weighted by molar-refractivity contribution is -0.135. The summed E-state index contributed by atoms with van der Waals surface area (Å²) in [6.45, 7) is 4.28. The van der Waals surface area contributed by atoms with Gasteiger partial charge in [0.15, 0.2) is 0 Å². The van der Waals surface area contributed by atoms with Crippen LogP contribution in [0.2, 0.25) is 0 Å². The van der Waals surface area contributed by atoms with Gasteiger partial charge in [0.05, 0.1) is 0 Å². The molecule has 2 amide bonds. The van der Waals surface area contributed by atoms with Gasteiger partial charge in [-0.05, 0) is 75.5 Å². The highest BCUT2D eigenvalue weighted by Gasteiger charge is 2.57. The highest BCUT2D eigenvalue weighted by Crippen LogP contribution is 2.63. The average Bonchev–Trinajstić information content (AvgIpc) is 2.24. The third-order valence-electron chi connectivity index (χ3n) is 6.15. The maximum atomic E-state index is 12.0. The second kappa shape index (κ2) is 4.47. The number of nitrogens with two attached hydrogens (primary N) is 1. The van der Waals surface area contributed by atoms with Gasteiger partial charge in [-0.1, -0.05) is 0 Å². The molecule has 0 heterocycles.